The summed E-state index contributed by atoms with van der Waals surface area (Å²) in [6.45, 7) is 10.1. The molecule has 1 aliphatic rings. The second kappa shape index (κ2) is 7.10. The highest BCUT2D eigenvalue weighted by atomic mass is 16.5. The summed E-state index contributed by atoms with van der Waals surface area (Å²) in [5, 5.41) is 3.40. The van der Waals surface area contributed by atoms with Crippen molar-refractivity contribution in [1.82, 2.24) is 5.32 Å². The first-order valence-electron chi connectivity index (χ1n) is 7.09. The Morgan fingerprint density at radius 2 is 2.22 bits per heavy atom. The van der Waals surface area contributed by atoms with E-state index in [1.54, 1.807) is 0 Å². The Morgan fingerprint density at radius 1 is 1.50 bits per heavy atom. The van der Waals surface area contributed by atoms with Crippen LogP contribution in [0, 0.1) is 5.92 Å². The average molecular weight is 257 g/mol. The van der Waals surface area contributed by atoms with Crippen molar-refractivity contribution in [1.29, 1.82) is 0 Å². The number of nitrogens with one attached hydrogen (secondary N) is 1. The fourth-order valence-corrected chi connectivity index (χ4v) is 2.37. The Hall–Kier alpha value is -0.610. The van der Waals surface area contributed by atoms with E-state index in [0.29, 0.717) is 32.0 Å². The molecule has 1 aliphatic heterocycles. The maximum atomic E-state index is 12.3. The van der Waals surface area contributed by atoms with Gasteiger partial charge in [-0.25, -0.2) is 0 Å². The van der Waals surface area contributed by atoms with Crippen LogP contribution in [0.3, 0.4) is 0 Å². The van der Waals surface area contributed by atoms with Gasteiger partial charge in [-0.1, -0.05) is 20.8 Å². The zero-order chi connectivity index (χ0) is 13.6. The average Bonchev–Trinajstić information content (AvgIpc) is 2.37. The van der Waals surface area contributed by atoms with E-state index in [-0.39, 0.29) is 12.1 Å². The summed E-state index contributed by atoms with van der Waals surface area (Å²) in [6, 6.07) is 0. The number of hydrogen-bond donors (Lipinski definition) is 1. The molecule has 1 heterocycles. The molecule has 4 nitrogen and oxygen atoms in total. The van der Waals surface area contributed by atoms with Gasteiger partial charge in [-0.05, 0) is 32.2 Å². The van der Waals surface area contributed by atoms with Crippen LogP contribution in [0.25, 0.3) is 0 Å². The van der Waals surface area contributed by atoms with Crippen molar-refractivity contribution in [2.24, 2.45) is 5.92 Å². The van der Waals surface area contributed by atoms with Gasteiger partial charge in [0.2, 0.25) is 0 Å². The van der Waals surface area contributed by atoms with Crippen molar-refractivity contribution in [3.8, 4) is 0 Å². The molecule has 0 aromatic rings. The van der Waals surface area contributed by atoms with E-state index >= 15 is 0 Å². The molecule has 1 rings (SSSR count). The SMILES string of the molecule is CCCNC1(C(=O)OCC)CCOC(C(C)C)C1. The smallest absolute Gasteiger partial charge is 0.326 e. The maximum Gasteiger partial charge on any atom is 0.326 e. The zero-order valence-electron chi connectivity index (χ0n) is 12.1. The van der Waals surface area contributed by atoms with Crippen LogP contribution in [-0.4, -0.2) is 37.4 Å². The minimum Gasteiger partial charge on any atom is -0.465 e. The van der Waals surface area contributed by atoms with E-state index in [9.17, 15) is 4.79 Å². The summed E-state index contributed by atoms with van der Waals surface area (Å²) < 4.78 is 11.0. The van der Waals surface area contributed by atoms with Crippen molar-refractivity contribution in [3.63, 3.8) is 0 Å². The highest BCUT2D eigenvalue weighted by Crippen LogP contribution is 2.30. The standard InChI is InChI=1S/C14H27NO3/c1-5-8-15-14(13(16)17-6-2)7-9-18-12(10-14)11(3)4/h11-12,15H,5-10H2,1-4H3. The van der Waals surface area contributed by atoms with Crippen LogP contribution in [0.5, 0.6) is 0 Å². The molecule has 0 spiro atoms. The molecular formula is C14H27NO3. The number of esters is 1. The third kappa shape index (κ3) is 3.69. The molecule has 0 bridgehead atoms. The van der Waals surface area contributed by atoms with Crippen molar-refractivity contribution in [3.05, 3.63) is 0 Å². The summed E-state index contributed by atoms with van der Waals surface area (Å²) in [6.07, 6.45) is 2.56. The predicted molar refractivity (Wildman–Crippen MR) is 71.5 cm³/mol. The van der Waals surface area contributed by atoms with Crippen molar-refractivity contribution < 1.29 is 14.3 Å². The molecule has 0 aliphatic carbocycles. The van der Waals surface area contributed by atoms with Gasteiger partial charge in [0.15, 0.2) is 0 Å². The molecule has 1 saturated heterocycles. The molecular weight excluding hydrogens is 230 g/mol. The van der Waals surface area contributed by atoms with E-state index in [1.807, 2.05) is 6.92 Å². The van der Waals surface area contributed by atoms with Crippen LogP contribution in [0.1, 0.15) is 47.0 Å². The molecule has 0 amide bonds. The Labute approximate surface area is 110 Å². The monoisotopic (exact) mass is 257 g/mol. The molecule has 1 N–H and O–H groups in total. The number of carbonyl (C=O) groups excluding carboxylic acids is 1. The Kier molecular flexibility index (Phi) is 6.09. The lowest BCUT2D eigenvalue weighted by molar-refractivity contribution is -0.159. The second-order valence-electron chi connectivity index (χ2n) is 5.34. The van der Waals surface area contributed by atoms with Crippen LogP contribution >= 0.6 is 0 Å². The summed E-state index contributed by atoms with van der Waals surface area (Å²) in [5.74, 6) is 0.301. The first kappa shape index (κ1) is 15.4. The first-order chi connectivity index (χ1) is 8.55. The minimum absolute atomic E-state index is 0.118. The summed E-state index contributed by atoms with van der Waals surface area (Å²) in [4.78, 5) is 12.3. The van der Waals surface area contributed by atoms with E-state index in [0.717, 1.165) is 13.0 Å². The Morgan fingerprint density at radius 3 is 2.78 bits per heavy atom. The molecule has 18 heavy (non-hydrogen) atoms. The molecule has 0 saturated carbocycles. The van der Waals surface area contributed by atoms with Gasteiger partial charge in [0.05, 0.1) is 12.7 Å². The third-order valence-electron chi connectivity index (χ3n) is 3.53. The van der Waals surface area contributed by atoms with E-state index in [4.69, 9.17) is 9.47 Å². The van der Waals surface area contributed by atoms with Gasteiger partial charge in [0.25, 0.3) is 0 Å². The van der Waals surface area contributed by atoms with Gasteiger partial charge in [-0.15, -0.1) is 0 Å². The van der Waals surface area contributed by atoms with Crippen LogP contribution < -0.4 is 5.32 Å². The number of ether oxygens (including phenoxy) is 2. The van der Waals surface area contributed by atoms with Crippen LogP contribution in [0.15, 0.2) is 0 Å². The number of hydrogen-bond acceptors (Lipinski definition) is 4. The van der Waals surface area contributed by atoms with Gasteiger partial charge < -0.3 is 14.8 Å². The van der Waals surface area contributed by atoms with E-state index in [2.05, 4.69) is 26.1 Å². The van der Waals surface area contributed by atoms with E-state index < -0.39 is 5.54 Å². The van der Waals surface area contributed by atoms with Crippen LogP contribution in [-0.2, 0) is 14.3 Å². The highest BCUT2D eigenvalue weighted by molar-refractivity contribution is 5.81. The lowest BCUT2D eigenvalue weighted by atomic mass is 9.83. The lowest BCUT2D eigenvalue weighted by Crippen LogP contribution is -2.58. The number of carbonyl (C=O) groups is 1. The largest absolute Gasteiger partial charge is 0.465 e. The molecule has 2 unspecified atom stereocenters. The van der Waals surface area contributed by atoms with Gasteiger partial charge in [-0.2, -0.15) is 0 Å². The van der Waals surface area contributed by atoms with Gasteiger partial charge in [0, 0.05) is 13.0 Å². The Balaban J connectivity index is 2.78. The lowest BCUT2D eigenvalue weighted by Gasteiger charge is -2.40. The summed E-state index contributed by atoms with van der Waals surface area (Å²) in [5.41, 5.74) is -0.542. The third-order valence-corrected chi connectivity index (χ3v) is 3.53. The van der Waals surface area contributed by atoms with Gasteiger partial charge in [-0.3, -0.25) is 4.79 Å². The molecule has 0 aromatic carbocycles. The van der Waals surface area contributed by atoms with Gasteiger partial charge in [0.1, 0.15) is 5.54 Å². The second-order valence-corrected chi connectivity index (χ2v) is 5.34. The highest BCUT2D eigenvalue weighted by Gasteiger charge is 2.44. The van der Waals surface area contributed by atoms with Crippen molar-refractivity contribution >= 4 is 5.97 Å². The Bertz CT molecular complexity index is 268. The zero-order valence-corrected chi connectivity index (χ0v) is 12.1. The molecule has 106 valence electrons. The molecule has 1 fully saturated rings. The predicted octanol–water partition coefficient (Wildman–Crippen LogP) is 2.12. The van der Waals surface area contributed by atoms with Crippen molar-refractivity contribution in [2.75, 3.05) is 19.8 Å². The summed E-state index contributed by atoms with van der Waals surface area (Å²) in [7, 11) is 0. The summed E-state index contributed by atoms with van der Waals surface area (Å²) >= 11 is 0. The maximum absolute atomic E-state index is 12.3. The fourth-order valence-electron chi connectivity index (χ4n) is 2.37. The van der Waals surface area contributed by atoms with E-state index in [1.165, 1.54) is 0 Å². The van der Waals surface area contributed by atoms with Crippen molar-refractivity contribution in [2.45, 2.75) is 58.6 Å². The first-order valence-corrected chi connectivity index (χ1v) is 7.09. The van der Waals surface area contributed by atoms with Crippen LogP contribution in [0.2, 0.25) is 0 Å². The quantitative estimate of drug-likeness (QED) is 0.740. The minimum atomic E-state index is -0.542. The molecule has 2 atom stereocenters. The fraction of sp³-hybridized carbons (Fsp3) is 0.929. The van der Waals surface area contributed by atoms with Crippen LogP contribution in [0.4, 0.5) is 0 Å². The normalized spacial score (nSPS) is 28.4. The number of rotatable bonds is 6. The van der Waals surface area contributed by atoms with Gasteiger partial charge >= 0.3 is 5.97 Å². The molecule has 0 aromatic heterocycles. The topological polar surface area (TPSA) is 47.6 Å². The molecule has 0 radical (unpaired) electrons. The molecule has 4 heteroatoms.